The van der Waals surface area contributed by atoms with Crippen LogP contribution < -0.4 is 20.3 Å². The van der Waals surface area contributed by atoms with E-state index in [9.17, 15) is 4.79 Å². The van der Waals surface area contributed by atoms with Crippen molar-refractivity contribution in [1.29, 1.82) is 0 Å². The van der Waals surface area contributed by atoms with E-state index in [0.717, 1.165) is 43.6 Å². The third-order valence-corrected chi connectivity index (χ3v) is 5.78. The van der Waals surface area contributed by atoms with E-state index >= 15 is 0 Å². The van der Waals surface area contributed by atoms with Crippen molar-refractivity contribution < 1.29 is 9.53 Å². The Morgan fingerprint density at radius 1 is 1.23 bits per heavy atom. The van der Waals surface area contributed by atoms with Crippen LogP contribution in [0.25, 0.3) is 0 Å². The second-order valence-electron chi connectivity index (χ2n) is 6.67. The van der Waals surface area contributed by atoms with Crippen LogP contribution in [0.5, 0.6) is 5.75 Å². The molecule has 1 aliphatic rings. The van der Waals surface area contributed by atoms with E-state index in [1.165, 1.54) is 17.0 Å². The average Bonchev–Trinajstić information content (AvgIpc) is 3.20. The van der Waals surface area contributed by atoms with Gasteiger partial charge in [0.1, 0.15) is 10.6 Å². The SMILES string of the molecule is CN=C(NCCNC(=O)c1scnc1C)N1CCN(c2cccc(OC)c2)CC1.I. The second-order valence-corrected chi connectivity index (χ2v) is 7.53. The summed E-state index contributed by atoms with van der Waals surface area (Å²) in [7, 11) is 3.48. The third kappa shape index (κ3) is 6.21. The fraction of sp³-hybridized carbons (Fsp3) is 0.450. The van der Waals surface area contributed by atoms with Gasteiger partial charge in [0.05, 0.1) is 18.3 Å². The summed E-state index contributed by atoms with van der Waals surface area (Å²) < 4.78 is 5.33. The third-order valence-electron chi connectivity index (χ3n) is 4.85. The Balaban J connectivity index is 0.00000320. The molecule has 3 rings (SSSR count). The maximum atomic E-state index is 12.1. The van der Waals surface area contributed by atoms with Crippen LogP contribution in [0.3, 0.4) is 0 Å². The lowest BCUT2D eigenvalue weighted by Gasteiger charge is -2.37. The molecule has 0 saturated carbocycles. The number of thiazole rings is 1. The summed E-state index contributed by atoms with van der Waals surface area (Å²) in [5.41, 5.74) is 3.63. The zero-order chi connectivity index (χ0) is 20.6. The first-order chi connectivity index (χ1) is 14.1. The van der Waals surface area contributed by atoms with E-state index in [2.05, 4.69) is 42.5 Å². The summed E-state index contributed by atoms with van der Waals surface area (Å²) in [5, 5.41) is 6.26. The van der Waals surface area contributed by atoms with Crippen LogP contribution >= 0.6 is 35.3 Å². The standard InChI is InChI=1S/C20H28N6O2S.HI/c1-15-18(29-14-24-15)19(27)22-7-8-23-20(21-2)26-11-9-25(10-12-26)16-5-4-6-17(13-16)28-3;/h4-6,13-14H,7-12H2,1-3H3,(H,21,23)(H,22,27);1H. The fourth-order valence-corrected chi connectivity index (χ4v) is 3.99. The molecule has 2 aromatic rings. The highest BCUT2D eigenvalue weighted by molar-refractivity contribution is 14.0. The van der Waals surface area contributed by atoms with Crippen molar-refractivity contribution in [2.24, 2.45) is 4.99 Å². The van der Waals surface area contributed by atoms with E-state index in [-0.39, 0.29) is 29.9 Å². The van der Waals surface area contributed by atoms with Crippen LogP contribution in [0, 0.1) is 6.92 Å². The second kappa shape index (κ2) is 11.9. The minimum atomic E-state index is -0.0753. The number of nitrogens with zero attached hydrogens (tertiary/aromatic N) is 4. The van der Waals surface area contributed by atoms with E-state index in [1.807, 2.05) is 19.1 Å². The molecule has 1 fully saturated rings. The Morgan fingerprint density at radius 3 is 2.60 bits per heavy atom. The molecule has 10 heteroatoms. The fourth-order valence-electron chi connectivity index (χ4n) is 3.27. The molecule has 1 amide bonds. The number of piperazine rings is 1. The van der Waals surface area contributed by atoms with E-state index < -0.39 is 0 Å². The molecule has 2 N–H and O–H groups in total. The van der Waals surface area contributed by atoms with Crippen molar-refractivity contribution in [1.82, 2.24) is 20.5 Å². The summed E-state index contributed by atoms with van der Waals surface area (Å²) in [6, 6.07) is 8.15. The molecule has 8 nitrogen and oxygen atoms in total. The number of nitrogens with one attached hydrogen (secondary N) is 2. The van der Waals surface area contributed by atoms with Crippen LogP contribution in [0.15, 0.2) is 34.8 Å². The normalized spacial score (nSPS) is 14.2. The molecule has 30 heavy (non-hydrogen) atoms. The molecule has 1 aromatic carbocycles. The van der Waals surface area contributed by atoms with Crippen molar-refractivity contribution in [2.75, 3.05) is 58.3 Å². The maximum absolute atomic E-state index is 12.1. The number of aryl methyl sites for hydroxylation is 1. The number of aromatic nitrogens is 1. The molecular weight excluding hydrogens is 515 g/mol. The Hall–Kier alpha value is -2.08. The Kier molecular flexibility index (Phi) is 9.63. The molecular formula is C20H29IN6O2S. The smallest absolute Gasteiger partial charge is 0.263 e. The molecule has 164 valence electrons. The molecule has 2 heterocycles. The summed E-state index contributed by atoms with van der Waals surface area (Å²) >= 11 is 1.36. The largest absolute Gasteiger partial charge is 0.497 e. The number of rotatable bonds is 6. The zero-order valence-electron chi connectivity index (χ0n) is 17.6. The Labute approximate surface area is 198 Å². The number of guanidine groups is 1. The van der Waals surface area contributed by atoms with Gasteiger partial charge in [0, 0.05) is 58.1 Å². The number of halogens is 1. The monoisotopic (exact) mass is 544 g/mol. The van der Waals surface area contributed by atoms with Gasteiger partial charge in [0.2, 0.25) is 0 Å². The highest BCUT2D eigenvalue weighted by atomic mass is 127. The quantitative estimate of drug-likeness (QED) is 0.251. The molecule has 0 atom stereocenters. The molecule has 0 aliphatic carbocycles. The topological polar surface area (TPSA) is 82.1 Å². The highest BCUT2D eigenvalue weighted by Crippen LogP contribution is 2.22. The molecule has 0 spiro atoms. The lowest BCUT2D eigenvalue weighted by Crippen LogP contribution is -2.53. The summed E-state index contributed by atoms with van der Waals surface area (Å²) in [6.07, 6.45) is 0. The number of aliphatic imine (C=N–C) groups is 1. The molecule has 0 radical (unpaired) electrons. The predicted molar refractivity (Wildman–Crippen MR) is 133 cm³/mol. The molecule has 1 saturated heterocycles. The maximum Gasteiger partial charge on any atom is 0.263 e. The number of benzene rings is 1. The minimum absolute atomic E-state index is 0. The van der Waals surface area contributed by atoms with Crippen molar-refractivity contribution in [3.05, 3.63) is 40.3 Å². The van der Waals surface area contributed by atoms with Gasteiger partial charge in [0.15, 0.2) is 5.96 Å². The summed E-state index contributed by atoms with van der Waals surface area (Å²) in [5.74, 6) is 1.66. The van der Waals surface area contributed by atoms with Crippen molar-refractivity contribution >= 4 is 52.9 Å². The van der Waals surface area contributed by atoms with E-state index in [0.29, 0.717) is 18.0 Å². The van der Waals surface area contributed by atoms with Crippen LogP contribution in [0.1, 0.15) is 15.4 Å². The lowest BCUT2D eigenvalue weighted by atomic mass is 10.2. The number of hydrogen-bond donors (Lipinski definition) is 2. The van der Waals surface area contributed by atoms with Gasteiger partial charge >= 0.3 is 0 Å². The Morgan fingerprint density at radius 2 is 1.97 bits per heavy atom. The van der Waals surface area contributed by atoms with Gasteiger partial charge in [-0.2, -0.15) is 0 Å². The van der Waals surface area contributed by atoms with Crippen LogP contribution in [0.2, 0.25) is 0 Å². The van der Waals surface area contributed by atoms with Gasteiger partial charge in [0.25, 0.3) is 5.91 Å². The summed E-state index contributed by atoms with van der Waals surface area (Å²) in [4.78, 5) is 25.9. The van der Waals surface area contributed by atoms with Gasteiger partial charge in [-0.1, -0.05) is 6.07 Å². The van der Waals surface area contributed by atoms with Crippen LogP contribution in [-0.2, 0) is 0 Å². The zero-order valence-corrected chi connectivity index (χ0v) is 20.7. The van der Waals surface area contributed by atoms with Gasteiger partial charge in [-0.25, -0.2) is 4.98 Å². The number of hydrogen-bond acceptors (Lipinski definition) is 6. The first-order valence-electron chi connectivity index (χ1n) is 9.65. The van der Waals surface area contributed by atoms with Crippen LogP contribution in [-0.4, -0.2) is 75.2 Å². The predicted octanol–water partition coefficient (Wildman–Crippen LogP) is 2.21. The molecule has 1 aromatic heterocycles. The first-order valence-corrected chi connectivity index (χ1v) is 10.5. The van der Waals surface area contributed by atoms with Gasteiger partial charge in [-0.05, 0) is 19.1 Å². The summed E-state index contributed by atoms with van der Waals surface area (Å²) in [6.45, 7) is 6.57. The lowest BCUT2D eigenvalue weighted by molar-refractivity contribution is 0.0957. The number of ether oxygens (including phenoxy) is 1. The van der Waals surface area contributed by atoms with E-state index in [1.54, 1.807) is 19.7 Å². The molecule has 0 bridgehead atoms. The number of amides is 1. The van der Waals surface area contributed by atoms with Gasteiger partial charge < -0.3 is 25.2 Å². The number of carbonyl (C=O) groups excluding carboxylic acids is 1. The van der Waals surface area contributed by atoms with Crippen molar-refractivity contribution in [2.45, 2.75) is 6.92 Å². The first kappa shape index (κ1) is 24.2. The number of anilines is 1. The average molecular weight is 544 g/mol. The minimum Gasteiger partial charge on any atom is -0.497 e. The van der Waals surface area contributed by atoms with Crippen molar-refractivity contribution in [3.8, 4) is 5.75 Å². The van der Waals surface area contributed by atoms with Gasteiger partial charge in [-0.15, -0.1) is 35.3 Å². The number of methoxy groups -OCH3 is 1. The number of carbonyl (C=O) groups is 1. The molecule has 0 unspecified atom stereocenters. The Bertz CT molecular complexity index is 851. The molecule has 1 aliphatic heterocycles. The van der Waals surface area contributed by atoms with E-state index in [4.69, 9.17) is 4.74 Å². The van der Waals surface area contributed by atoms with Gasteiger partial charge in [-0.3, -0.25) is 9.79 Å². The van der Waals surface area contributed by atoms with Crippen LogP contribution in [0.4, 0.5) is 5.69 Å². The highest BCUT2D eigenvalue weighted by Gasteiger charge is 2.20. The van der Waals surface area contributed by atoms with Crippen molar-refractivity contribution in [3.63, 3.8) is 0 Å².